The van der Waals surface area contributed by atoms with E-state index in [1.807, 2.05) is 18.2 Å². The summed E-state index contributed by atoms with van der Waals surface area (Å²) >= 11 is 0. The van der Waals surface area contributed by atoms with Crippen LogP contribution in [0.5, 0.6) is 0 Å². The number of nitrogens with one attached hydrogen (secondary N) is 2. The van der Waals surface area contributed by atoms with Gasteiger partial charge in [0.05, 0.1) is 5.41 Å². The van der Waals surface area contributed by atoms with Crippen LogP contribution in [0, 0.1) is 5.41 Å². The summed E-state index contributed by atoms with van der Waals surface area (Å²) in [5.74, 6) is -1.55. The van der Waals surface area contributed by atoms with Crippen LogP contribution in [0.15, 0.2) is 54.6 Å². The second-order valence-electron chi connectivity index (χ2n) is 6.37. The molecule has 0 saturated carbocycles. The predicted molar refractivity (Wildman–Crippen MR) is 104 cm³/mol. The molecule has 0 aliphatic carbocycles. The van der Waals surface area contributed by atoms with Crippen molar-refractivity contribution >= 4 is 23.5 Å². The lowest BCUT2D eigenvalue weighted by molar-refractivity contribution is -0.149. The lowest BCUT2D eigenvalue weighted by Crippen LogP contribution is -2.42. The third-order valence-electron chi connectivity index (χ3n) is 4.84. The number of para-hydroxylation sites is 1. The number of hydrogen-bond donors (Lipinski definition) is 3. The Hall–Kier alpha value is -3.15. The number of amides is 2. The van der Waals surface area contributed by atoms with E-state index in [9.17, 15) is 19.5 Å². The monoisotopic (exact) mass is 368 g/mol. The average molecular weight is 368 g/mol. The topological polar surface area (TPSA) is 95.5 Å². The van der Waals surface area contributed by atoms with Gasteiger partial charge in [0.2, 0.25) is 0 Å². The van der Waals surface area contributed by atoms with E-state index >= 15 is 0 Å². The number of aliphatic carboxylic acids is 1. The Morgan fingerprint density at radius 1 is 0.852 bits per heavy atom. The van der Waals surface area contributed by atoms with E-state index in [0.29, 0.717) is 29.7 Å². The van der Waals surface area contributed by atoms with Crippen molar-refractivity contribution in [3.05, 3.63) is 65.7 Å². The van der Waals surface area contributed by atoms with Gasteiger partial charge < -0.3 is 15.7 Å². The zero-order valence-electron chi connectivity index (χ0n) is 15.5. The van der Waals surface area contributed by atoms with Crippen LogP contribution in [0.25, 0.3) is 0 Å². The predicted octanol–water partition coefficient (Wildman–Crippen LogP) is 3.56. The molecule has 0 unspecified atom stereocenters. The van der Waals surface area contributed by atoms with Crippen molar-refractivity contribution in [3.63, 3.8) is 0 Å². The highest BCUT2D eigenvalue weighted by molar-refractivity contribution is 6.05. The molecular weight excluding hydrogens is 344 g/mol. The van der Waals surface area contributed by atoms with Crippen LogP contribution in [-0.2, 0) is 4.79 Å². The van der Waals surface area contributed by atoms with Crippen LogP contribution in [0.3, 0.4) is 0 Å². The van der Waals surface area contributed by atoms with E-state index in [1.165, 1.54) is 0 Å². The highest BCUT2D eigenvalue weighted by Gasteiger charge is 2.35. The third kappa shape index (κ3) is 4.94. The van der Waals surface area contributed by atoms with Gasteiger partial charge in [-0.2, -0.15) is 0 Å². The highest BCUT2D eigenvalue weighted by Crippen LogP contribution is 2.25. The molecule has 2 aromatic carbocycles. The Balaban J connectivity index is 2.00. The molecule has 6 nitrogen and oxygen atoms in total. The summed E-state index contributed by atoms with van der Waals surface area (Å²) < 4.78 is 0. The number of carbonyl (C=O) groups is 3. The molecule has 0 aliphatic rings. The van der Waals surface area contributed by atoms with Crippen molar-refractivity contribution in [2.45, 2.75) is 26.7 Å². The molecule has 2 aromatic rings. The van der Waals surface area contributed by atoms with Crippen molar-refractivity contribution in [2.24, 2.45) is 5.41 Å². The molecule has 0 saturated heterocycles. The molecule has 0 radical (unpaired) electrons. The smallest absolute Gasteiger partial charge is 0.311 e. The van der Waals surface area contributed by atoms with E-state index in [0.717, 1.165) is 0 Å². The van der Waals surface area contributed by atoms with Gasteiger partial charge in [-0.25, -0.2) is 0 Å². The number of carboxylic acid groups (broad SMARTS) is 1. The van der Waals surface area contributed by atoms with Gasteiger partial charge in [-0.15, -0.1) is 0 Å². The summed E-state index contributed by atoms with van der Waals surface area (Å²) in [6, 6.07) is 15.3. The molecule has 0 aromatic heterocycles. The number of carbonyl (C=O) groups excluding carboxylic acids is 2. The summed E-state index contributed by atoms with van der Waals surface area (Å²) in [6.07, 6.45) is 0.857. The molecule has 3 N–H and O–H groups in total. The Morgan fingerprint density at radius 2 is 1.37 bits per heavy atom. The van der Waals surface area contributed by atoms with Gasteiger partial charge in [-0.1, -0.05) is 32.0 Å². The molecule has 2 rings (SSSR count). The van der Waals surface area contributed by atoms with Crippen LogP contribution < -0.4 is 10.6 Å². The minimum atomic E-state index is -0.967. The lowest BCUT2D eigenvalue weighted by Gasteiger charge is -2.26. The van der Waals surface area contributed by atoms with E-state index in [4.69, 9.17) is 0 Å². The Kier molecular flexibility index (Phi) is 6.71. The minimum Gasteiger partial charge on any atom is -0.481 e. The van der Waals surface area contributed by atoms with Crippen molar-refractivity contribution in [1.82, 2.24) is 5.32 Å². The zero-order chi connectivity index (χ0) is 19.9. The van der Waals surface area contributed by atoms with Gasteiger partial charge in [0.25, 0.3) is 11.8 Å². The molecule has 2 amide bonds. The second-order valence-corrected chi connectivity index (χ2v) is 6.37. The first kappa shape index (κ1) is 20.2. The van der Waals surface area contributed by atoms with Crippen molar-refractivity contribution < 1.29 is 19.5 Å². The largest absolute Gasteiger partial charge is 0.481 e. The Bertz CT molecular complexity index is 797. The first-order valence-electron chi connectivity index (χ1n) is 8.90. The molecule has 0 fully saturated rings. The SMILES string of the molecule is CCC(CC)(CNC(=O)c1ccc(C(=O)Nc2ccccc2)cc1)C(=O)O. The standard InChI is InChI=1S/C21H24N2O4/c1-3-21(4-2,20(26)27)14-22-18(24)15-10-12-16(13-11-15)19(25)23-17-8-6-5-7-9-17/h5-13H,3-4,14H2,1-2H3,(H,22,24)(H,23,25)(H,26,27). The molecule has 142 valence electrons. The average Bonchev–Trinajstić information content (AvgIpc) is 2.69. The summed E-state index contributed by atoms with van der Waals surface area (Å²) in [4.78, 5) is 36.0. The molecule has 6 heteroatoms. The second kappa shape index (κ2) is 8.98. The Morgan fingerprint density at radius 3 is 1.85 bits per heavy atom. The molecular formula is C21H24N2O4. The maximum atomic E-state index is 12.3. The van der Waals surface area contributed by atoms with Crippen LogP contribution >= 0.6 is 0 Å². The Labute approximate surface area is 158 Å². The first-order chi connectivity index (χ1) is 12.9. The van der Waals surface area contributed by atoms with Gasteiger partial charge in [-0.3, -0.25) is 14.4 Å². The third-order valence-corrected chi connectivity index (χ3v) is 4.84. The number of carboxylic acids is 1. The fourth-order valence-corrected chi connectivity index (χ4v) is 2.73. The fourth-order valence-electron chi connectivity index (χ4n) is 2.73. The maximum absolute atomic E-state index is 12.3. The number of hydrogen-bond acceptors (Lipinski definition) is 3. The normalized spacial score (nSPS) is 10.9. The molecule has 0 heterocycles. The van der Waals surface area contributed by atoms with Crippen molar-refractivity contribution in [3.8, 4) is 0 Å². The van der Waals surface area contributed by atoms with Gasteiger partial charge in [0.1, 0.15) is 0 Å². The highest BCUT2D eigenvalue weighted by atomic mass is 16.4. The van der Waals surface area contributed by atoms with E-state index in [2.05, 4.69) is 10.6 Å². The van der Waals surface area contributed by atoms with Gasteiger partial charge in [0.15, 0.2) is 0 Å². The number of anilines is 1. The van der Waals surface area contributed by atoms with Crippen LogP contribution in [0.1, 0.15) is 47.4 Å². The molecule has 0 aliphatic heterocycles. The van der Waals surface area contributed by atoms with Crippen LogP contribution in [-0.4, -0.2) is 29.4 Å². The molecule has 0 atom stereocenters. The number of benzene rings is 2. The minimum absolute atomic E-state index is 0.0599. The van der Waals surface area contributed by atoms with Gasteiger partial charge in [-0.05, 0) is 49.2 Å². The molecule has 0 bridgehead atoms. The summed E-state index contributed by atoms with van der Waals surface area (Å²) in [6.45, 7) is 3.65. The van der Waals surface area contributed by atoms with E-state index in [-0.39, 0.29) is 18.4 Å². The van der Waals surface area contributed by atoms with Crippen LogP contribution in [0.4, 0.5) is 5.69 Å². The summed E-state index contributed by atoms with van der Waals surface area (Å²) in [5, 5.41) is 14.9. The maximum Gasteiger partial charge on any atom is 0.311 e. The lowest BCUT2D eigenvalue weighted by atomic mass is 9.82. The summed E-state index contributed by atoms with van der Waals surface area (Å²) in [5.41, 5.74) is 0.522. The van der Waals surface area contributed by atoms with Crippen molar-refractivity contribution in [2.75, 3.05) is 11.9 Å². The van der Waals surface area contributed by atoms with E-state index in [1.54, 1.807) is 50.2 Å². The quantitative estimate of drug-likeness (QED) is 0.664. The molecule has 0 spiro atoms. The number of rotatable bonds is 8. The van der Waals surface area contributed by atoms with Gasteiger partial charge in [0, 0.05) is 23.4 Å². The van der Waals surface area contributed by atoms with Crippen molar-refractivity contribution in [1.29, 1.82) is 0 Å². The fraction of sp³-hybridized carbons (Fsp3) is 0.286. The van der Waals surface area contributed by atoms with Crippen LogP contribution in [0.2, 0.25) is 0 Å². The van der Waals surface area contributed by atoms with E-state index < -0.39 is 11.4 Å². The zero-order valence-corrected chi connectivity index (χ0v) is 15.5. The molecule has 27 heavy (non-hydrogen) atoms. The summed E-state index contributed by atoms with van der Waals surface area (Å²) in [7, 11) is 0. The van der Waals surface area contributed by atoms with Gasteiger partial charge >= 0.3 is 5.97 Å². The first-order valence-corrected chi connectivity index (χ1v) is 8.90.